The second kappa shape index (κ2) is 14.0. The fourth-order valence-corrected chi connectivity index (χ4v) is 10.4. The summed E-state index contributed by atoms with van der Waals surface area (Å²) >= 11 is 161. The predicted octanol–water partition coefficient (Wildman–Crippen LogP) is 14.1. The average molecular weight is 1110 g/mol. The highest BCUT2D eigenvalue weighted by Gasteiger charge is 2.85. The molecule has 0 heterocycles. The van der Waals surface area contributed by atoms with E-state index >= 15 is 0 Å². The molecule has 0 rings (SSSR count). The summed E-state index contributed by atoms with van der Waals surface area (Å²) < 4.78 is -38.3. The minimum Gasteiger partial charge on any atom is -0.307 e. The van der Waals surface area contributed by atoms with Gasteiger partial charge >= 0.3 is 0 Å². The smallest absolute Gasteiger partial charge is 0.226 e. The largest absolute Gasteiger partial charge is 0.307 e. The third-order valence-corrected chi connectivity index (χ3v) is 22.7. The average Bonchev–Trinajstić information content (AvgIpc) is 2.70. The van der Waals surface area contributed by atoms with E-state index in [1.165, 1.54) is 0 Å². The molecule has 0 aliphatic heterocycles. The van der Waals surface area contributed by atoms with Crippen molar-refractivity contribution in [1.82, 2.24) is 0 Å². The summed E-state index contributed by atoms with van der Waals surface area (Å²) in [4.78, 5) is -3.15. The van der Waals surface area contributed by atoms with E-state index in [1.807, 2.05) is 0 Å². The van der Waals surface area contributed by atoms with Gasteiger partial charge < -0.3 is 5.73 Å². The molecule has 0 radical (unpaired) electrons. The van der Waals surface area contributed by atoms with Crippen LogP contribution in [0.25, 0.3) is 0 Å². The molecule has 41 heavy (non-hydrogen) atoms. The normalized spacial score (nSPS) is 18.4. The molecule has 0 aliphatic rings. The summed E-state index contributed by atoms with van der Waals surface area (Å²) in [6, 6.07) is 0. The van der Waals surface area contributed by atoms with E-state index in [2.05, 4.69) is 0 Å². The highest BCUT2D eigenvalue weighted by atomic mass is 35.6. The van der Waals surface area contributed by atoms with E-state index < -0.39 is 56.6 Å². The van der Waals surface area contributed by atoms with Crippen molar-refractivity contribution >= 4 is 302 Å². The molecule has 1 atom stereocenters. The van der Waals surface area contributed by atoms with Crippen molar-refractivity contribution in [3.8, 4) is 0 Å². The van der Waals surface area contributed by atoms with Crippen molar-refractivity contribution in [2.24, 2.45) is 11.5 Å². The standard InChI is InChI=1S/C13H4Cl26N2/c14-1(15,3(18,19)5(22,23)7(26,27)9(30,31)13(38,39)41)2(16,17)4(20,21)6(24,25)8(28,29)11(34,40)10(32,33)12(35,36)37/h40-41H2. The molecule has 0 amide bonds. The zero-order chi connectivity index (χ0) is 34.5. The zero-order valence-corrected chi connectivity index (χ0v) is 37.1. The van der Waals surface area contributed by atoms with E-state index in [9.17, 15) is 0 Å². The summed E-state index contributed by atoms with van der Waals surface area (Å²) in [6.07, 6.45) is 0. The molecule has 0 fully saturated rings. The zero-order valence-electron chi connectivity index (χ0n) is 17.5. The lowest BCUT2D eigenvalue weighted by Crippen LogP contribution is -2.77. The third kappa shape index (κ3) is 7.36. The van der Waals surface area contributed by atoms with Crippen molar-refractivity contribution in [1.29, 1.82) is 0 Å². The minimum absolute atomic E-state index is 2.75. The van der Waals surface area contributed by atoms with Gasteiger partial charge in [0.2, 0.25) is 8.25 Å². The number of alkyl halides is 26. The Morgan fingerprint density at radius 3 is 0.561 bits per heavy atom. The number of hydrogen-bond acceptors (Lipinski definition) is 2. The van der Waals surface area contributed by atoms with Crippen LogP contribution in [0, 0.1) is 0 Å². The van der Waals surface area contributed by atoms with Gasteiger partial charge in [0, 0.05) is 0 Å². The molecule has 4 N–H and O–H groups in total. The van der Waals surface area contributed by atoms with Crippen LogP contribution in [-0.4, -0.2) is 56.6 Å². The van der Waals surface area contributed by atoms with E-state index in [4.69, 9.17) is 313 Å². The molecule has 0 aliphatic carbocycles. The Kier molecular flexibility index (Phi) is 16.6. The van der Waals surface area contributed by atoms with Gasteiger partial charge in [-0.25, -0.2) is 0 Å². The minimum atomic E-state index is -3.44. The molecule has 0 saturated carbocycles. The molecule has 1 unspecified atom stereocenters. The van der Waals surface area contributed by atoms with Crippen molar-refractivity contribution in [3.05, 3.63) is 0 Å². The van der Waals surface area contributed by atoms with Crippen molar-refractivity contribution in [2.45, 2.75) is 56.6 Å². The van der Waals surface area contributed by atoms with Gasteiger partial charge in [0.15, 0.2) is 48.3 Å². The van der Waals surface area contributed by atoms with Crippen LogP contribution < -0.4 is 11.5 Å². The van der Waals surface area contributed by atoms with E-state index in [0.29, 0.717) is 0 Å². The summed E-state index contributed by atoms with van der Waals surface area (Å²) in [7, 11) is 0. The maximum absolute atomic E-state index is 6.42. The molecular formula is C13H4Cl26N2. The molecule has 0 spiro atoms. The van der Waals surface area contributed by atoms with Gasteiger partial charge in [-0.15, -0.1) is 0 Å². The first-order valence-corrected chi connectivity index (χ1v) is 18.3. The lowest BCUT2D eigenvalue weighted by atomic mass is 9.97. The topological polar surface area (TPSA) is 52.0 Å². The molecule has 0 aromatic rings. The van der Waals surface area contributed by atoms with Gasteiger partial charge in [-0.2, -0.15) is 0 Å². The van der Waals surface area contributed by atoms with Gasteiger partial charge in [-0.05, 0) is 0 Å². The SMILES string of the molecule is NC(Cl)(Cl)C(Cl)(Cl)C(Cl)(Cl)C(Cl)(Cl)C(Cl)(Cl)C(Cl)(Cl)C(Cl)(Cl)C(Cl)(Cl)C(Cl)(Cl)C(Cl)(Cl)C(N)(Cl)C(Cl)(Cl)C(Cl)(Cl)Cl. The molecule has 0 aromatic carbocycles. The van der Waals surface area contributed by atoms with Crippen LogP contribution in [0.2, 0.25) is 0 Å². The third-order valence-electron chi connectivity index (χ3n) is 4.84. The molecule has 248 valence electrons. The second-order valence-electron chi connectivity index (χ2n) is 7.58. The Morgan fingerprint density at radius 1 is 0.220 bits per heavy atom. The van der Waals surface area contributed by atoms with E-state index in [1.54, 1.807) is 0 Å². The van der Waals surface area contributed by atoms with Gasteiger partial charge in [-0.1, -0.05) is 302 Å². The molecular weight excluding hydrogens is 1110 g/mol. The lowest BCUT2D eigenvalue weighted by molar-refractivity contribution is 0.376. The van der Waals surface area contributed by atoms with Crippen LogP contribution in [0.5, 0.6) is 0 Å². The predicted molar refractivity (Wildman–Crippen MR) is 196 cm³/mol. The summed E-state index contributed by atoms with van der Waals surface area (Å²) in [5, 5.41) is 0. The summed E-state index contributed by atoms with van der Waals surface area (Å²) in [5.41, 5.74) is 11.5. The highest BCUT2D eigenvalue weighted by Crippen LogP contribution is 2.75. The molecule has 2 nitrogen and oxygen atoms in total. The first-order chi connectivity index (χ1) is 17.0. The molecule has 28 heteroatoms. The number of nitrogens with two attached hydrogens (primary N) is 2. The highest BCUT2D eigenvalue weighted by molar-refractivity contribution is 6.83. The molecule has 0 saturated heterocycles. The Morgan fingerprint density at radius 2 is 0.390 bits per heavy atom. The maximum atomic E-state index is 6.42. The van der Waals surface area contributed by atoms with Crippen molar-refractivity contribution in [3.63, 3.8) is 0 Å². The van der Waals surface area contributed by atoms with Crippen molar-refractivity contribution < 1.29 is 0 Å². The first-order valence-electron chi connectivity index (χ1n) is 8.49. The Hall–Kier alpha value is 7.46. The molecule has 0 bridgehead atoms. The number of halogens is 26. The fraction of sp³-hybridized carbons (Fsp3) is 1.00. The van der Waals surface area contributed by atoms with Gasteiger partial charge in [0.1, 0.15) is 0 Å². The Labute approximate surface area is 364 Å². The number of rotatable bonds is 11. The maximum Gasteiger partial charge on any atom is 0.226 e. The number of hydrogen-bond donors (Lipinski definition) is 2. The van der Waals surface area contributed by atoms with Crippen molar-refractivity contribution in [2.75, 3.05) is 0 Å². The van der Waals surface area contributed by atoms with E-state index in [-0.39, 0.29) is 0 Å². The van der Waals surface area contributed by atoms with Crippen LogP contribution in [0.1, 0.15) is 0 Å². The Balaban J connectivity index is 7.41. The van der Waals surface area contributed by atoms with Gasteiger partial charge in [0.25, 0.3) is 0 Å². The van der Waals surface area contributed by atoms with Crippen LogP contribution in [0.15, 0.2) is 0 Å². The lowest BCUT2D eigenvalue weighted by Gasteiger charge is -2.58. The van der Waals surface area contributed by atoms with Crippen LogP contribution >= 0.6 is 302 Å². The van der Waals surface area contributed by atoms with Crippen LogP contribution in [0.3, 0.4) is 0 Å². The quantitative estimate of drug-likeness (QED) is 0.160. The first kappa shape index (κ1) is 48.5. The van der Waals surface area contributed by atoms with Gasteiger partial charge in [-0.3, -0.25) is 5.73 Å². The van der Waals surface area contributed by atoms with Crippen LogP contribution in [0.4, 0.5) is 0 Å². The fourth-order valence-electron chi connectivity index (χ4n) is 2.22. The monoisotopic (exact) mass is 1100 g/mol. The second-order valence-corrected chi connectivity index (χ2v) is 25.1. The summed E-state index contributed by atoms with van der Waals surface area (Å²) in [6.45, 7) is 0. The van der Waals surface area contributed by atoms with Gasteiger partial charge in [0.05, 0.1) is 0 Å². The molecule has 0 aromatic heterocycles. The van der Waals surface area contributed by atoms with Crippen LogP contribution in [-0.2, 0) is 0 Å². The summed E-state index contributed by atoms with van der Waals surface area (Å²) in [5.74, 6) is 0. The Bertz CT molecular complexity index is 889. The van der Waals surface area contributed by atoms with E-state index in [0.717, 1.165) is 0 Å².